The van der Waals surface area contributed by atoms with Gasteiger partial charge in [0, 0.05) is 12.8 Å². The van der Waals surface area contributed by atoms with Crippen molar-refractivity contribution in [1.82, 2.24) is 0 Å². The second-order valence-corrected chi connectivity index (χ2v) is 4.26. The van der Waals surface area contributed by atoms with E-state index in [-0.39, 0.29) is 11.8 Å². The Kier molecular flexibility index (Phi) is 5.83. The van der Waals surface area contributed by atoms with Crippen LogP contribution in [0.5, 0.6) is 0 Å². The molecule has 1 aliphatic carbocycles. The third-order valence-electron chi connectivity index (χ3n) is 2.89. The van der Waals surface area contributed by atoms with Gasteiger partial charge in [0.2, 0.25) is 0 Å². The molecule has 0 aromatic heterocycles. The number of carbonyl (C=O) groups excluding carboxylic acids is 2. The first kappa shape index (κ1) is 12.9. The largest absolute Gasteiger partial charge is 0.469 e. The topological polar surface area (TPSA) is 43.4 Å². The highest BCUT2D eigenvalue weighted by molar-refractivity contribution is 5.91. The van der Waals surface area contributed by atoms with Crippen LogP contribution in [-0.2, 0) is 14.3 Å². The third kappa shape index (κ3) is 5.10. The zero-order valence-electron chi connectivity index (χ0n) is 9.96. The van der Waals surface area contributed by atoms with Gasteiger partial charge in [-0.2, -0.15) is 0 Å². The predicted octanol–water partition coefficient (Wildman–Crippen LogP) is 2.79. The number of methoxy groups -OCH3 is 1. The van der Waals surface area contributed by atoms with Crippen molar-refractivity contribution in [2.24, 2.45) is 0 Å². The minimum absolute atomic E-state index is 0.132. The van der Waals surface area contributed by atoms with Crippen LogP contribution in [0.25, 0.3) is 0 Å². The summed E-state index contributed by atoms with van der Waals surface area (Å²) in [4.78, 5) is 22.0. The maximum absolute atomic E-state index is 11.2. The third-order valence-corrected chi connectivity index (χ3v) is 2.89. The van der Waals surface area contributed by atoms with Gasteiger partial charge in [0.05, 0.1) is 7.11 Å². The molecule has 0 aromatic carbocycles. The molecule has 0 spiro atoms. The summed E-state index contributed by atoms with van der Waals surface area (Å²) >= 11 is 0. The maximum atomic E-state index is 11.2. The van der Waals surface area contributed by atoms with Crippen molar-refractivity contribution in [3.63, 3.8) is 0 Å². The average Bonchev–Trinajstić information content (AvgIpc) is 2.28. The first-order valence-corrected chi connectivity index (χ1v) is 6.01. The van der Waals surface area contributed by atoms with Gasteiger partial charge in [-0.3, -0.25) is 9.59 Å². The molecular weight excluding hydrogens is 204 g/mol. The van der Waals surface area contributed by atoms with E-state index in [1.807, 2.05) is 6.08 Å². The second kappa shape index (κ2) is 7.20. The van der Waals surface area contributed by atoms with Crippen molar-refractivity contribution < 1.29 is 14.3 Å². The molecule has 0 fully saturated rings. The van der Waals surface area contributed by atoms with E-state index in [0.29, 0.717) is 12.8 Å². The molecule has 1 rings (SSSR count). The Bertz CT molecular complexity index is 279. The van der Waals surface area contributed by atoms with Gasteiger partial charge in [0.1, 0.15) is 0 Å². The fraction of sp³-hybridized carbons (Fsp3) is 0.692. The second-order valence-electron chi connectivity index (χ2n) is 4.26. The van der Waals surface area contributed by atoms with Gasteiger partial charge in [-0.25, -0.2) is 0 Å². The van der Waals surface area contributed by atoms with Gasteiger partial charge in [0.25, 0.3) is 0 Å². The van der Waals surface area contributed by atoms with Crippen molar-refractivity contribution in [3.8, 4) is 0 Å². The van der Waals surface area contributed by atoms with E-state index in [1.54, 1.807) is 0 Å². The molecule has 0 amide bonds. The molecule has 0 aliphatic heterocycles. The standard InChI is InChI=1S/C13H20O3/c1-16-13(15)9-4-2-3-6-11-7-5-8-12(14)10-11/h10H,2-9H2,1H3. The highest BCUT2D eigenvalue weighted by Crippen LogP contribution is 2.20. The summed E-state index contributed by atoms with van der Waals surface area (Å²) in [6.45, 7) is 0. The van der Waals surface area contributed by atoms with E-state index >= 15 is 0 Å². The lowest BCUT2D eigenvalue weighted by Gasteiger charge is -2.11. The Hall–Kier alpha value is -1.12. The average molecular weight is 224 g/mol. The fourth-order valence-corrected chi connectivity index (χ4v) is 1.96. The van der Waals surface area contributed by atoms with E-state index in [1.165, 1.54) is 12.7 Å². The lowest BCUT2D eigenvalue weighted by atomic mass is 9.94. The lowest BCUT2D eigenvalue weighted by Crippen LogP contribution is -2.03. The van der Waals surface area contributed by atoms with Crippen molar-refractivity contribution in [2.75, 3.05) is 7.11 Å². The van der Waals surface area contributed by atoms with Crippen LogP contribution in [0.3, 0.4) is 0 Å². The van der Waals surface area contributed by atoms with E-state index < -0.39 is 0 Å². The SMILES string of the molecule is COC(=O)CCCCCC1=CC(=O)CCC1. The Morgan fingerprint density at radius 2 is 2.12 bits per heavy atom. The van der Waals surface area contributed by atoms with Crippen molar-refractivity contribution in [1.29, 1.82) is 0 Å². The highest BCUT2D eigenvalue weighted by atomic mass is 16.5. The number of carbonyl (C=O) groups is 2. The van der Waals surface area contributed by atoms with Crippen LogP contribution in [0.2, 0.25) is 0 Å². The molecule has 16 heavy (non-hydrogen) atoms. The van der Waals surface area contributed by atoms with Crippen LogP contribution >= 0.6 is 0 Å². The van der Waals surface area contributed by atoms with Crippen LogP contribution in [-0.4, -0.2) is 18.9 Å². The first-order valence-electron chi connectivity index (χ1n) is 6.01. The molecular formula is C13H20O3. The minimum atomic E-state index is -0.132. The van der Waals surface area contributed by atoms with Crippen molar-refractivity contribution in [3.05, 3.63) is 11.6 Å². The van der Waals surface area contributed by atoms with Crippen LogP contribution in [0.1, 0.15) is 51.4 Å². The van der Waals surface area contributed by atoms with E-state index in [2.05, 4.69) is 4.74 Å². The molecule has 0 N–H and O–H groups in total. The molecule has 0 bridgehead atoms. The number of unbranched alkanes of at least 4 members (excludes halogenated alkanes) is 2. The monoisotopic (exact) mass is 224 g/mol. The Labute approximate surface area is 96.9 Å². The summed E-state index contributed by atoms with van der Waals surface area (Å²) in [6.07, 6.45) is 9.09. The summed E-state index contributed by atoms with van der Waals surface area (Å²) in [5, 5.41) is 0. The van der Waals surface area contributed by atoms with E-state index in [4.69, 9.17) is 0 Å². The molecule has 0 radical (unpaired) electrons. The van der Waals surface area contributed by atoms with Crippen LogP contribution in [0.15, 0.2) is 11.6 Å². The van der Waals surface area contributed by atoms with Gasteiger partial charge in [-0.15, -0.1) is 0 Å². The zero-order chi connectivity index (χ0) is 11.8. The van der Waals surface area contributed by atoms with Crippen molar-refractivity contribution >= 4 is 11.8 Å². The molecule has 0 saturated heterocycles. The molecule has 1 aliphatic rings. The summed E-state index contributed by atoms with van der Waals surface area (Å²) < 4.78 is 4.57. The van der Waals surface area contributed by atoms with Gasteiger partial charge >= 0.3 is 5.97 Å². The fourth-order valence-electron chi connectivity index (χ4n) is 1.96. The lowest BCUT2D eigenvalue weighted by molar-refractivity contribution is -0.140. The highest BCUT2D eigenvalue weighted by Gasteiger charge is 2.09. The number of hydrogen-bond donors (Lipinski definition) is 0. The summed E-state index contributed by atoms with van der Waals surface area (Å²) in [5.41, 5.74) is 1.29. The van der Waals surface area contributed by atoms with E-state index in [0.717, 1.165) is 38.5 Å². The van der Waals surface area contributed by atoms with Crippen LogP contribution < -0.4 is 0 Å². The number of ether oxygens (including phenoxy) is 1. The van der Waals surface area contributed by atoms with Gasteiger partial charge in [-0.05, 0) is 38.2 Å². The molecule has 3 heteroatoms. The molecule has 0 atom stereocenters. The maximum Gasteiger partial charge on any atom is 0.305 e. The quantitative estimate of drug-likeness (QED) is 0.514. The van der Waals surface area contributed by atoms with Gasteiger partial charge in [-0.1, -0.05) is 12.0 Å². The molecule has 0 heterocycles. The Morgan fingerprint density at radius 3 is 2.81 bits per heavy atom. The molecule has 3 nitrogen and oxygen atoms in total. The molecule has 0 aromatic rings. The number of ketones is 1. The molecule has 0 saturated carbocycles. The van der Waals surface area contributed by atoms with E-state index in [9.17, 15) is 9.59 Å². The number of rotatable bonds is 6. The summed E-state index contributed by atoms with van der Waals surface area (Å²) in [5.74, 6) is 0.142. The molecule has 0 unspecified atom stereocenters. The normalized spacial score (nSPS) is 15.8. The zero-order valence-corrected chi connectivity index (χ0v) is 9.96. The van der Waals surface area contributed by atoms with Crippen LogP contribution in [0, 0.1) is 0 Å². The summed E-state index contributed by atoms with van der Waals surface area (Å²) in [7, 11) is 1.42. The van der Waals surface area contributed by atoms with Crippen molar-refractivity contribution in [2.45, 2.75) is 51.4 Å². The first-order chi connectivity index (χ1) is 7.72. The Balaban J connectivity index is 2.07. The molecule has 90 valence electrons. The number of hydrogen-bond acceptors (Lipinski definition) is 3. The Morgan fingerprint density at radius 1 is 1.31 bits per heavy atom. The smallest absolute Gasteiger partial charge is 0.305 e. The summed E-state index contributed by atoms with van der Waals surface area (Å²) in [6, 6.07) is 0. The van der Waals surface area contributed by atoms with Gasteiger partial charge < -0.3 is 4.74 Å². The predicted molar refractivity (Wildman–Crippen MR) is 62.0 cm³/mol. The minimum Gasteiger partial charge on any atom is -0.469 e. The number of esters is 1. The van der Waals surface area contributed by atoms with Gasteiger partial charge in [0.15, 0.2) is 5.78 Å². The number of allylic oxidation sites excluding steroid dienone is 2. The van der Waals surface area contributed by atoms with Crippen LogP contribution in [0.4, 0.5) is 0 Å².